The van der Waals surface area contributed by atoms with Crippen molar-refractivity contribution in [1.29, 1.82) is 0 Å². The van der Waals surface area contributed by atoms with Gasteiger partial charge in [-0.15, -0.1) is 0 Å². The number of benzene rings is 1. The molecule has 0 aliphatic rings. The Kier molecular flexibility index (Phi) is 3.36. The fourth-order valence-electron chi connectivity index (χ4n) is 1.99. The Morgan fingerprint density at radius 1 is 0.800 bits per heavy atom. The van der Waals surface area contributed by atoms with Crippen LogP contribution in [0.15, 0.2) is 27.4 Å². The lowest BCUT2D eigenvalue weighted by atomic mass is 9.98. The number of carbonyl (C=O) groups excluding carboxylic acids is 3. The molecule has 0 amide bonds. The summed E-state index contributed by atoms with van der Waals surface area (Å²) in [7, 11) is 0. The number of Topliss-reactive ketones (excluding diaryl/α,β-unsaturated/α-hetero) is 3. The van der Waals surface area contributed by atoms with Gasteiger partial charge < -0.3 is 4.42 Å². The third-order valence-corrected chi connectivity index (χ3v) is 3.01. The van der Waals surface area contributed by atoms with Crippen molar-refractivity contribution in [1.82, 2.24) is 0 Å². The maximum Gasteiger partial charge on any atom is 0.347 e. The summed E-state index contributed by atoms with van der Waals surface area (Å²) in [6.07, 6.45) is 0. The highest BCUT2D eigenvalue weighted by Gasteiger charge is 2.16. The maximum atomic E-state index is 11.6. The zero-order chi connectivity index (χ0) is 15.0. The fourth-order valence-corrected chi connectivity index (χ4v) is 1.99. The van der Waals surface area contributed by atoms with Crippen LogP contribution in [0, 0.1) is 0 Å². The summed E-state index contributed by atoms with van der Waals surface area (Å²) in [5, 5.41) is 0.435. The van der Waals surface area contributed by atoms with Crippen molar-refractivity contribution in [3.63, 3.8) is 0 Å². The van der Waals surface area contributed by atoms with E-state index in [1.165, 1.54) is 39.0 Å². The first-order valence-electron chi connectivity index (χ1n) is 5.96. The molecule has 5 heteroatoms. The standard InChI is InChI=1S/C15H12O5/c1-7(16)11-4-10-5-13(9(3)18)15(19)20-14(10)6-12(11)8(2)17/h4-6H,1-3H3. The average Bonchev–Trinajstić information content (AvgIpc) is 2.35. The first-order valence-corrected chi connectivity index (χ1v) is 5.96. The first kappa shape index (κ1) is 13.9. The molecule has 0 aliphatic carbocycles. The predicted molar refractivity (Wildman–Crippen MR) is 72.5 cm³/mol. The van der Waals surface area contributed by atoms with Crippen molar-refractivity contribution >= 4 is 28.3 Å². The Morgan fingerprint density at radius 3 is 1.75 bits per heavy atom. The van der Waals surface area contributed by atoms with Gasteiger partial charge in [0.05, 0.1) is 0 Å². The van der Waals surface area contributed by atoms with E-state index in [0.29, 0.717) is 5.39 Å². The van der Waals surface area contributed by atoms with E-state index >= 15 is 0 Å². The summed E-state index contributed by atoms with van der Waals surface area (Å²) >= 11 is 0. The normalized spacial score (nSPS) is 10.6. The van der Waals surface area contributed by atoms with Gasteiger partial charge in [0.25, 0.3) is 0 Å². The van der Waals surface area contributed by atoms with Gasteiger partial charge in [0.15, 0.2) is 17.3 Å². The van der Waals surface area contributed by atoms with Crippen LogP contribution in [0.5, 0.6) is 0 Å². The molecule has 0 unspecified atom stereocenters. The van der Waals surface area contributed by atoms with Crippen LogP contribution < -0.4 is 5.63 Å². The predicted octanol–water partition coefficient (Wildman–Crippen LogP) is 2.40. The van der Waals surface area contributed by atoms with E-state index in [-0.39, 0.29) is 33.8 Å². The highest BCUT2D eigenvalue weighted by molar-refractivity contribution is 6.10. The lowest BCUT2D eigenvalue weighted by Crippen LogP contribution is -2.12. The highest BCUT2D eigenvalue weighted by Crippen LogP contribution is 2.21. The van der Waals surface area contributed by atoms with Crippen molar-refractivity contribution in [2.24, 2.45) is 0 Å². The van der Waals surface area contributed by atoms with Crippen LogP contribution in [-0.2, 0) is 0 Å². The molecular formula is C15H12O5. The van der Waals surface area contributed by atoms with Crippen molar-refractivity contribution in [2.45, 2.75) is 20.8 Å². The van der Waals surface area contributed by atoms with E-state index in [9.17, 15) is 19.2 Å². The Labute approximate surface area is 114 Å². The SMILES string of the molecule is CC(=O)c1cc2cc(C(C)=O)c(=O)oc2cc1C(C)=O. The molecule has 0 spiro atoms. The zero-order valence-electron chi connectivity index (χ0n) is 11.3. The van der Waals surface area contributed by atoms with Crippen LogP contribution in [0.4, 0.5) is 0 Å². The Hall–Kier alpha value is -2.56. The lowest BCUT2D eigenvalue weighted by molar-refractivity contribution is 0.0981. The minimum absolute atomic E-state index is 0.0809. The number of hydrogen-bond acceptors (Lipinski definition) is 5. The van der Waals surface area contributed by atoms with Gasteiger partial charge in [0.2, 0.25) is 0 Å². The summed E-state index contributed by atoms with van der Waals surface area (Å²) in [5.74, 6) is -0.983. The molecule has 20 heavy (non-hydrogen) atoms. The van der Waals surface area contributed by atoms with E-state index in [0.717, 1.165) is 0 Å². The second kappa shape index (κ2) is 4.85. The Balaban J connectivity index is 2.88. The van der Waals surface area contributed by atoms with E-state index in [1.54, 1.807) is 0 Å². The van der Waals surface area contributed by atoms with E-state index in [4.69, 9.17) is 4.42 Å². The number of carbonyl (C=O) groups is 3. The van der Waals surface area contributed by atoms with Crippen LogP contribution in [-0.4, -0.2) is 17.3 Å². The van der Waals surface area contributed by atoms with Gasteiger partial charge in [0, 0.05) is 16.5 Å². The molecule has 0 aliphatic heterocycles. The summed E-state index contributed by atoms with van der Waals surface area (Å²) < 4.78 is 5.04. The molecular weight excluding hydrogens is 260 g/mol. The molecule has 0 saturated heterocycles. The van der Waals surface area contributed by atoms with Gasteiger partial charge in [-0.2, -0.15) is 0 Å². The molecule has 2 rings (SSSR count). The Morgan fingerprint density at radius 2 is 1.25 bits per heavy atom. The van der Waals surface area contributed by atoms with Gasteiger partial charge in [-0.3, -0.25) is 14.4 Å². The van der Waals surface area contributed by atoms with Gasteiger partial charge in [-0.05, 0) is 39.0 Å². The topological polar surface area (TPSA) is 81.4 Å². The van der Waals surface area contributed by atoms with Gasteiger partial charge >= 0.3 is 5.63 Å². The minimum atomic E-state index is -0.755. The largest absolute Gasteiger partial charge is 0.422 e. The zero-order valence-corrected chi connectivity index (χ0v) is 11.3. The fraction of sp³-hybridized carbons (Fsp3) is 0.200. The first-order chi connectivity index (χ1) is 9.31. The van der Waals surface area contributed by atoms with E-state index in [1.807, 2.05) is 0 Å². The molecule has 0 atom stereocenters. The third kappa shape index (κ3) is 2.30. The van der Waals surface area contributed by atoms with Crippen molar-refractivity contribution in [2.75, 3.05) is 0 Å². The highest BCUT2D eigenvalue weighted by atomic mass is 16.4. The number of hydrogen-bond donors (Lipinski definition) is 0. The van der Waals surface area contributed by atoms with Crippen LogP contribution in [0.1, 0.15) is 51.8 Å². The Bertz CT molecular complexity index is 811. The molecule has 0 N–H and O–H groups in total. The quantitative estimate of drug-likeness (QED) is 0.633. The molecule has 5 nitrogen and oxygen atoms in total. The molecule has 2 aromatic rings. The van der Waals surface area contributed by atoms with Crippen LogP contribution in [0.25, 0.3) is 11.0 Å². The number of rotatable bonds is 3. The van der Waals surface area contributed by atoms with Gasteiger partial charge in [-0.25, -0.2) is 4.79 Å². The number of fused-ring (bicyclic) bond motifs is 1. The molecule has 0 fully saturated rings. The molecule has 102 valence electrons. The van der Waals surface area contributed by atoms with E-state index in [2.05, 4.69) is 0 Å². The van der Waals surface area contributed by atoms with Gasteiger partial charge in [0.1, 0.15) is 11.1 Å². The molecule has 1 heterocycles. The lowest BCUT2D eigenvalue weighted by Gasteiger charge is -2.06. The molecule has 0 radical (unpaired) electrons. The van der Waals surface area contributed by atoms with Crippen molar-refractivity contribution < 1.29 is 18.8 Å². The smallest absolute Gasteiger partial charge is 0.347 e. The average molecular weight is 272 g/mol. The third-order valence-electron chi connectivity index (χ3n) is 3.01. The molecule has 1 aromatic heterocycles. The van der Waals surface area contributed by atoms with Crippen LogP contribution >= 0.6 is 0 Å². The van der Waals surface area contributed by atoms with Crippen LogP contribution in [0.2, 0.25) is 0 Å². The van der Waals surface area contributed by atoms with E-state index < -0.39 is 11.4 Å². The summed E-state index contributed by atoms with van der Waals surface area (Å²) in [5.41, 5.74) is -0.218. The minimum Gasteiger partial charge on any atom is -0.422 e. The molecule has 0 bridgehead atoms. The molecule has 0 saturated carbocycles. The molecule has 1 aromatic carbocycles. The summed E-state index contributed by atoms with van der Waals surface area (Å²) in [6, 6.07) is 4.20. The summed E-state index contributed by atoms with van der Waals surface area (Å²) in [4.78, 5) is 46.1. The maximum absolute atomic E-state index is 11.6. The monoisotopic (exact) mass is 272 g/mol. The van der Waals surface area contributed by atoms with Crippen molar-refractivity contribution in [3.8, 4) is 0 Å². The van der Waals surface area contributed by atoms with Crippen LogP contribution in [0.3, 0.4) is 0 Å². The number of ketones is 3. The summed E-state index contributed by atoms with van der Waals surface area (Å²) in [6.45, 7) is 3.93. The second-order valence-corrected chi connectivity index (χ2v) is 4.55. The second-order valence-electron chi connectivity index (χ2n) is 4.55. The van der Waals surface area contributed by atoms with Gasteiger partial charge in [-0.1, -0.05) is 0 Å². The van der Waals surface area contributed by atoms with Crippen molar-refractivity contribution in [3.05, 3.63) is 45.3 Å².